The molecule has 4 heterocycles. The second-order valence-electron chi connectivity index (χ2n) is 13.2. The first kappa shape index (κ1) is 30.5. The van der Waals surface area contributed by atoms with E-state index in [9.17, 15) is 19.2 Å². The summed E-state index contributed by atoms with van der Waals surface area (Å²) in [7, 11) is -1.88. The van der Waals surface area contributed by atoms with Gasteiger partial charge in [0.05, 0.1) is 37.1 Å². The molecule has 0 spiro atoms. The quantitative estimate of drug-likeness (QED) is 0.141. The van der Waals surface area contributed by atoms with E-state index in [4.69, 9.17) is 19.2 Å². The van der Waals surface area contributed by atoms with Crippen molar-refractivity contribution in [1.82, 2.24) is 14.9 Å². The van der Waals surface area contributed by atoms with E-state index >= 15 is 0 Å². The first-order valence-electron chi connectivity index (χ1n) is 14.7. The van der Waals surface area contributed by atoms with Crippen LogP contribution in [-0.4, -0.2) is 47.8 Å². The van der Waals surface area contributed by atoms with Crippen molar-refractivity contribution in [2.24, 2.45) is 0 Å². The molecule has 0 saturated carbocycles. The van der Waals surface area contributed by atoms with E-state index in [1.807, 2.05) is 18.2 Å². The van der Waals surface area contributed by atoms with Crippen molar-refractivity contribution in [3.63, 3.8) is 0 Å². The van der Waals surface area contributed by atoms with Gasteiger partial charge >= 0.3 is 18.0 Å². The minimum atomic E-state index is -1.88. The summed E-state index contributed by atoms with van der Waals surface area (Å²) in [6, 6.07) is 9.81. The number of benzene rings is 1. The summed E-state index contributed by atoms with van der Waals surface area (Å²) in [5, 5.41) is 4.97. The summed E-state index contributed by atoms with van der Waals surface area (Å²) in [5.74, 6) is -1.34. The second kappa shape index (κ2) is 10.9. The Kier molecular flexibility index (Phi) is 7.74. The molecule has 0 radical (unpaired) electrons. The van der Waals surface area contributed by atoms with Gasteiger partial charge in [-0.3, -0.25) is 9.59 Å². The van der Waals surface area contributed by atoms with Gasteiger partial charge in [-0.15, -0.1) is 0 Å². The molecule has 3 aromatic rings. The lowest BCUT2D eigenvalue weighted by molar-refractivity contribution is -0.189. The Hall–Kier alpha value is -3.99. The molecule has 1 unspecified atom stereocenters. The molecule has 1 atom stereocenters. The van der Waals surface area contributed by atoms with Crippen LogP contribution in [0.15, 0.2) is 35.1 Å². The predicted octanol–water partition coefficient (Wildman–Crippen LogP) is 4.48. The number of rotatable bonds is 7. The molecular formula is C32H39N3O7Si. The Morgan fingerprint density at radius 3 is 2.53 bits per heavy atom. The molecule has 1 amide bonds. The van der Waals surface area contributed by atoms with Crippen LogP contribution in [0.25, 0.3) is 22.3 Å². The van der Waals surface area contributed by atoms with Gasteiger partial charge in [0.15, 0.2) is 0 Å². The molecule has 2 aliphatic heterocycles. The third-order valence-electron chi connectivity index (χ3n) is 7.83. The number of fused-ring (bicyclic) bond motifs is 5. The molecule has 43 heavy (non-hydrogen) atoms. The standard InChI is InChI=1S/C32H39N3O7Si/c1-8-32(41-25(36)14-11-15-33-30(39)42-31(2,3)4)22-16-24-26-20(17-35(24)28(37)21(22)18-40-29(32)38)27(43(5,6)7)19-12-9-10-13-23(19)34-26/h9-10,12-13,16H,8,11,14-15,17-18H2,1-7H3,(H,33,39). The van der Waals surface area contributed by atoms with Crippen LogP contribution in [0.5, 0.6) is 0 Å². The van der Waals surface area contributed by atoms with Crippen LogP contribution in [0.3, 0.4) is 0 Å². The fraction of sp³-hybridized carbons (Fsp3) is 0.469. The topological polar surface area (TPSA) is 126 Å². The minimum absolute atomic E-state index is 0.0555. The summed E-state index contributed by atoms with van der Waals surface area (Å²) >= 11 is 0. The Labute approximate surface area is 251 Å². The molecule has 10 nitrogen and oxygen atoms in total. The van der Waals surface area contributed by atoms with Crippen LogP contribution in [0.2, 0.25) is 19.6 Å². The Morgan fingerprint density at radius 1 is 1.14 bits per heavy atom. The molecule has 0 fully saturated rings. The first-order chi connectivity index (χ1) is 20.2. The van der Waals surface area contributed by atoms with Gasteiger partial charge in [0.25, 0.3) is 5.56 Å². The van der Waals surface area contributed by atoms with Gasteiger partial charge in [-0.25, -0.2) is 14.6 Å². The fourth-order valence-corrected chi connectivity index (χ4v) is 8.15. The summed E-state index contributed by atoms with van der Waals surface area (Å²) in [6.45, 7) is 14.2. The van der Waals surface area contributed by atoms with Crippen LogP contribution in [0.1, 0.15) is 63.6 Å². The van der Waals surface area contributed by atoms with Crippen LogP contribution in [-0.2, 0) is 42.6 Å². The molecule has 11 heteroatoms. The number of hydrogen-bond acceptors (Lipinski definition) is 8. The van der Waals surface area contributed by atoms with E-state index < -0.39 is 37.3 Å². The van der Waals surface area contributed by atoms with Gasteiger partial charge in [-0.1, -0.05) is 44.8 Å². The zero-order valence-corrected chi connectivity index (χ0v) is 26.9. The Balaban J connectivity index is 1.49. The highest BCUT2D eigenvalue weighted by molar-refractivity contribution is 6.90. The van der Waals surface area contributed by atoms with E-state index in [-0.39, 0.29) is 38.0 Å². The SMILES string of the molecule is CCC1(OC(=O)CCCNC(=O)OC(C)(C)C)C(=O)OCc2c1cc1n(c2=O)Cc2c-1nc1ccccc1c2[Si](C)(C)C. The van der Waals surface area contributed by atoms with Gasteiger partial charge in [0.2, 0.25) is 5.60 Å². The van der Waals surface area contributed by atoms with Crippen LogP contribution in [0.4, 0.5) is 4.79 Å². The third-order valence-corrected chi connectivity index (χ3v) is 9.90. The lowest BCUT2D eigenvalue weighted by Crippen LogP contribution is -2.47. The molecule has 2 aromatic heterocycles. The number of ether oxygens (including phenoxy) is 3. The maximum absolute atomic E-state index is 14.0. The highest BCUT2D eigenvalue weighted by Gasteiger charge is 2.50. The number of aromatic nitrogens is 2. The monoisotopic (exact) mass is 605 g/mol. The molecule has 5 rings (SSSR count). The van der Waals surface area contributed by atoms with Crippen LogP contribution in [0, 0.1) is 0 Å². The van der Waals surface area contributed by atoms with Crippen molar-refractivity contribution in [2.45, 2.75) is 91.0 Å². The average molecular weight is 606 g/mol. The van der Waals surface area contributed by atoms with Gasteiger partial charge in [0, 0.05) is 18.5 Å². The minimum Gasteiger partial charge on any atom is -0.457 e. The zero-order valence-electron chi connectivity index (χ0n) is 25.9. The van der Waals surface area contributed by atoms with Gasteiger partial charge in [-0.2, -0.15) is 0 Å². The normalized spacial score (nSPS) is 17.5. The van der Waals surface area contributed by atoms with Gasteiger partial charge in [-0.05, 0) is 61.9 Å². The number of esters is 2. The van der Waals surface area contributed by atoms with Crippen molar-refractivity contribution < 1.29 is 28.6 Å². The second-order valence-corrected chi connectivity index (χ2v) is 18.2. The van der Waals surface area contributed by atoms with Crippen molar-refractivity contribution >= 4 is 42.2 Å². The maximum Gasteiger partial charge on any atom is 0.407 e. The molecule has 1 aromatic carbocycles. The van der Waals surface area contributed by atoms with Gasteiger partial charge < -0.3 is 24.1 Å². The molecule has 1 N–H and O–H groups in total. The highest BCUT2D eigenvalue weighted by Crippen LogP contribution is 2.41. The van der Waals surface area contributed by atoms with E-state index in [2.05, 4.69) is 31.0 Å². The van der Waals surface area contributed by atoms with E-state index in [1.165, 1.54) is 5.19 Å². The van der Waals surface area contributed by atoms with Crippen molar-refractivity contribution in [3.05, 3.63) is 57.4 Å². The smallest absolute Gasteiger partial charge is 0.407 e. The number of alkyl carbamates (subject to hydrolysis) is 1. The summed E-state index contributed by atoms with van der Waals surface area (Å²) in [5.41, 5.74) is 1.18. The maximum atomic E-state index is 14.0. The Bertz CT molecular complexity index is 1700. The number of para-hydroxylation sites is 1. The molecule has 228 valence electrons. The third kappa shape index (κ3) is 5.58. The number of nitrogens with one attached hydrogen (secondary N) is 1. The summed E-state index contributed by atoms with van der Waals surface area (Å²) in [4.78, 5) is 57.2. The Morgan fingerprint density at radius 2 is 1.86 bits per heavy atom. The lowest BCUT2D eigenvalue weighted by Gasteiger charge is -2.35. The fourth-order valence-electron chi connectivity index (χ4n) is 6.02. The number of nitrogens with zero attached hydrogens (tertiary/aromatic N) is 2. The molecule has 0 aliphatic carbocycles. The zero-order chi connectivity index (χ0) is 31.3. The molecule has 0 saturated heterocycles. The van der Waals surface area contributed by atoms with E-state index in [0.717, 1.165) is 22.2 Å². The number of carbonyl (C=O) groups excluding carboxylic acids is 3. The number of amides is 1. The number of pyridine rings is 2. The van der Waals surface area contributed by atoms with Crippen molar-refractivity contribution in [2.75, 3.05) is 6.54 Å². The lowest BCUT2D eigenvalue weighted by atomic mass is 9.85. The molecule has 0 bridgehead atoms. The van der Waals surface area contributed by atoms with Crippen molar-refractivity contribution in [3.8, 4) is 11.4 Å². The first-order valence-corrected chi connectivity index (χ1v) is 18.2. The molecule has 2 aliphatic rings. The van der Waals surface area contributed by atoms with Gasteiger partial charge in [0.1, 0.15) is 12.2 Å². The van der Waals surface area contributed by atoms with E-state index in [0.29, 0.717) is 23.4 Å². The van der Waals surface area contributed by atoms with E-state index in [1.54, 1.807) is 38.3 Å². The van der Waals surface area contributed by atoms with Crippen LogP contribution >= 0.6 is 0 Å². The average Bonchev–Trinajstić information content (AvgIpc) is 3.28. The highest BCUT2D eigenvalue weighted by atomic mass is 28.3. The predicted molar refractivity (Wildman–Crippen MR) is 165 cm³/mol. The number of hydrogen-bond donors (Lipinski definition) is 1. The number of cyclic esters (lactones) is 1. The summed E-state index contributed by atoms with van der Waals surface area (Å²) in [6.07, 6.45) is -0.276. The van der Waals surface area contributed by atoms with Crippen LogP contribution < -0.4 is 16.1 Å². The number of carbonyl (C=O) groups is 3. The molecular weight excluding hydrogens is 566 g/mol. The largest absolute Gasteiger partial charge is 0.457 e. The van der Waals surface area contributed by atoms with Crippen molar-refractivity contribution in [1.29, 1.82) is 0 Å². The summed E-state index contributed by atoms with van der Waals surface area (Å²) < 4.78 is 18.3.